The van der Waals surface area contributed by atoms with Gasteiger partial charge < -0.3 is 5.32 Å². The molecule has 4 aromatic rings. The monoisotopic (exact) mass is 402 g/mol. The van der Waals surface area contributed by atoms with Gasteiger partial charge in [0.25, 0.3) is 5.91 Å². The molecule has 0 atom stereocenters. The number of aromatic nitrogens is 3. The molecule has 144 valence electrons. The summed E-state index contributed by atoms with van der Waals surface area (Å²) in [4.78, 5) is 17.4. The zero-order valence-electron chi connectivity index (χ0n) is 16.1. The lowest BCUT2D eigenvalue weighted by Gasteiger charge is -2.06. The molecule has 0 radical (unpaired) electrons. The lowest BCUT2D eigenvalue weighted by molar-refractivity contribution is 0.101. The van der Waals surface area contributed by atoms with Crippen LogP contribution < -0.4 is 5.32 Å². The van der Waals surface area contributed by atoms with Crippen LogP contribution in [0.1, 0.15) is 21.7 Å². The Morgan fingerprint density at radius 2 is 1.72 bits per heavy atom. The standard InChI is InChI=1S/C23H19ClN4O/c1-15-6-5-8-17(14-15)22-26-21(23(29)25-20-9-4-3-7-16(20)2)27-28(22)19-12-10-18(24)11-13-19/h3-14H,1-2H3,(H,25,29). The summed E-state index contributed by atoms with van der Waals surface area (Å²) >= 11 is 6.03. The molecule has 6 heteroatoms. The maximum absolute atomic E-state index is 12.8. The highest BCUT2D eigenvalue weighted by atomic mass is 35.5. The molecule has 1 heterocycles. The molecule has 0 bridgehead atoms. The molecule has 4 rings (SSSR count). The average molecular weight is 403 g/mol. The number of rotatable bonds is 4. The van der Waals surface area contributed by atoms with E-state index in [1.807, 2.05) is 74.5 Å². The third-order valence-corrected chi connectivity index (χ3v) is 4.80. The number of halogens is 1. The van der Waals surface area contributed by atoms with E-state index in [1.165, 1.54) is 0 Å². The lowest BCUT2D eigenvalue weighted by atomic mass is 10.1. The number of para-hydroxylation sites is 1. The predicted molar refractivity (Wildman–Crippen MR) is 116 cm³/mol. The number of aryl methyl sites for hydroxylation is 2. The average Bonchev–Trinajstić information content (AvgIpc) is 3.16. The second-order valence-electron chi connectivity index (χ2n) is 6.79. The van der Waals surface area contributed by atoms with Crippen molar-refractivity contribution in [2.45, 2.75) is 13.8 Å². The van der Waals surface area contributed by atoms with Gasteiger partial charge in [0.2, 0.25) is 5.82 Å². The molecule has 29 heavy (non-hydrogen) atoms. The fraction of sp³-hybridized carbons (Fsp3) is 0.0870. The van der Waals surface area contributed by atoms with Crippen LogP contribution in [0.3, 0.4) is 0 Å². The van der Waals surface area contributed by atoms with E-state index in [-0.39, 0.29) is 11.7 Å². The molecule has 0 unspecified atom stereocenters. The second kappa shape index (κ2) is 7.89. The van der Waals surface area contributed by atoms with E-state index in [1.54, 1.807) is 16.8 Å². The Morgan fingerprint density at radius 3 is 2.45 bits per heavy atom. The van der Waals surface area contributed by atoms with Crippen LogP contribution in [0.15, 0.2) is 72.8 Å². The number of benzene rings is 3. The van der Waals surface area contributed by atoms with Crippen molar-refractivity contribution >= 4 is 23.2 Å². The summed E-state index contributed by atoms with van der Waals surface area (Å²) in [5.74, 6) is 0.326. The number of nitrogens with one attached hydrogen (secondary N) is 1. The maximum Gasteiger partial charge on any atom is 0.295 e. The molecule has 0 saturated carbocycles. The first-order chi connectivity index (χ1) is 14.0. The van der Waals surface area contributed by atoms with Crippen molar-refractivity contribution in [3.63, 3.8) is 0 Å². The minimum atomic E-state index is -0.360. The van der Waals surface area contributed by atoms with Crippen molar-refractivity contribution in [3.8, 4) is 17.1 Å². The summed E-state index contributed by atoms with van der Waals surface area (Å²) in [6.45, 7) is 3.95. The normalized spacial score (nSPS) is 10.7. The summed E-state index contributed by atoms with van der Waals surface area (Å²) in [5.41, 5.74) is 4.45. The van der Waals surface area contributed by atoms with Crippen LogP contribution in [0.25, 0.3) is 17.1 Å². The first kappa shape index (κ1) is 18.9. The summed E-state index contributed by atoms with van der Waals surface area (Å²) in [6.07, 6.45) is 0. The fourth-order valence-electron chi connectivity index (χ4n) is 3.03. The summed E-state index contributed by atoms with van der Waals surface area (Å²) < 4.78 is 1.66. The van der Waals surface area contributed by atoms with Crippen molar-refractivity contribution in [1.82, 2.24) is 14.8 Å². The van der Waals surface area contributed by atoms with Crippen molar-refractivity contribution in [2.24, 2.45) is 0 Å². The molecule has 0 spiro atoms. The number of nitrogens with zero attached hydrogens (tertiary/aromatic N) is 3. The third-order valence-electron chi connectivity index (χ3n) is 4.55. The van der Waals surface area contributed by atoms with E-state index >= 15 is 0 Å². The Hall–Kier alpha value is -3.44. The fourth-order valence-corrected chi connectivity index (χ4v) is 3.16. The van der Waals surface area contributed by atoms with Gasteiger partial charge in [0, 0.05) is 16.3 Å². The summed E-state index contributed by atoms with van der Waals surface area (Å²) in [5, 5.41) is 8.01. The van der Waals surface area contributed by atoms with Crippen LogP contribution in [-0.4, -0.2) is 20.7 Å². The zero-order valence-corrected chi connectivity index (χ0v) is 16.8. The molecule has 0 saturated heterocycles. The number of carbonyl (C=O) groups is 1. The predicted octanol–water partition coefficient (Wildman–Crippen LogP) is 5.46. The van der Waals surface area contributed by atoms with Gasteiger partial charge in [-0.25, -0.2) is 9.67 Å². The van der Waals surface area contributed by atoms with Gasteiger partial charge >= 0.3 is 0 Å². The summed E-state index contributed by atoms with van der Waals surface area (Å²) in [7, 11) is 0. The highest BCUT2D eigenvalue weighted by Crippen LogP contribution is 2.24. The Bertz CT molecular complexity index is 1180. The maximum atomic E-state index is 12.8. The first-order valence-corrected chi connectivity index (χ1v) is 9.56. The molecule has 3 aromatic carbocycles. The number of amides is 1. The molecular weight excluding hydrogens is 384 g/mol. The first-order valence-electron chi connectivity index (χ1n) is 9.18. The molecule has 0 aliphatic rings. The van der Waals surface area contributed by atoms with Crippen LogP contribution >= 0.6 is 11.6 Å². The van der Waals surface area contributed by atoms with Gasteiger partial charge in [0.15, 0.2) is 5.82 Å². The van der Waals surface area contributed by atoms with Gasteiger partial charge in [-0.1, -0.05) is 53.6 Å². The van der Waals surface area contributed by atoms with Crippen LogP contribution in [0.5, 0.6) is 0 Å². The van der Waals surface area contributed by atoms with Crippen molar-refractivity contribution < 1.29 is 4.79 Å². The third kappa shape index (κ3) is 4.05. The van der Waals surface area contributed by atoms with E-state index in [9.17, 15) is 4.79 Å². The molecular formula is C23H19ClN4O. The van der Waals surface area contributed by atoms with E-state index in [2.05, 4.69) is 15.4 Å². The Morgan fingerprint density at radius 1 is 0.966 bits per heavy atom. The van der Waals surface area contributed by atoms with Crippen LogP contribution in [0.4, 0.5) is 5.69 Å². The van der Waals surface area contributed by atoms with E-state index < -0.39 is 0 Å². The lowest BCUT2D eigenvalue weighted by Crippen LogP contribution is -2.15. The largest absolute Gasteiger partial charge is 0.319 e. The molecule has 1 aromatic heterocycles. The SMILES string of the molecule is Cc1cccc(-c2nc(C(=O)Nc3ccccc3C)nn2-c2ccc(Cl)cc2)c1. The minimum absolute atomic E-state index is 0.0970. The topological polar surface area (TPSA) is 59.8 Å². The van der Waals surface area contributed by atoms with Gasteiger partial charge in [-0.3, -0.25) is 4.79 Å². The van der Waals surface area contributed by atoms with Gasteiger partial charge in [-0.15, -0.1) is 5.10 Å². The van der Waals surface area contributed by atoms with E-state index in [4.69, 9.17) is 11.6 Å². The van der Waals surface area contributed by atoms with Gasteiger partial charge in [0.1, 0.15) is 0 Å². The van der Waals surface area contributed by atoms with Gasteiger partial charge in [-0.05, 0) is 55.8 Å². The van der Waals surface area contributed by atoms with Gasteiger partial charge in [0.05, 0.1) is 5.69 Å². The Balaban J connectivity index is 1.78. The number of hydrogen-bond acceptors (Lipinski definition) is 3. The minimum Gasteiger partial charge on any atom is -0.319 e. The number of hydrogen-bond donors (Lipinski definition) is 1. The van der Waals surface area contributed by atoms with Gasteiger partial charge in [-0.2, -0.15) is 0 Å². The number of carbonyl (C=O) groups excluding carboxylic acids is 1. The molecule has 1 amide bonds. The Kier molecular flexibility index (Phi) is 5.14. The Labute approximate surface area is 174 Å². The summed E-state index contributed by atoms with van der Waals surface area (Å²) in [6, 6.07) is 22.8. The molecule has 0 aliphatic carbocycles. The molecule has 0 aliphatic heterocycles. The van der Waals surface area contributed by atoms with Crippen LogP contribution in [0, 0.1) is 13.8 Å². The molecule has 1 N–H and O–H groups in total. The zero-order chi connectivity index (χ0) is 20.4. The second-order valence-corrected chi connectivity index (χ2v) is 7.22. The number of anilines is 1. The molecule has 0 fully saturated rings. The van der Waals surface area contributed by atoms with Crippen LogP contribution in [-0.2, 0) is 0 Å². The quantitative estimate of drug-likeness (QED) is 0.493. The smallest absolute Gasteiger partial charge is 0.295 e. The van der Waals surface area contributed by atoms with Crippen molar-refractivity contribution in [3.05, 3.63) is 94.8 Å². The van der Waals surface area contributed by atoms with Crippen molar-refractivity contribution in [2.75, 3.05) is 5.32 Å². The van der Waals surface area contributed by atoms with Crippen LogP contribution in [0.2, 0.25) is 5.02 Å². The van der Waals surface area contributed by atoms with Crippen molar-refractivity contribution in [1.29, 1.82) is 0 Å². The van der Waals surface area contributed by atoms with E-state index in [0.29, 0.717) is 10.8 Å². The highest BCUT2D eigenvalue weighted by Gasteiger charge is 2.19. The van der Waals surface area contributed by atoms with E-state index in [0.717, 1.165) is 28.1 Å². The molecule has 5 nitrogen and oxygen atoms in total. The highest BCUT2D eigenvalue weighted by molar-refractivity contribution is 6.30.